The van der Waals surface area contributed by atoms with Crippen molar-refractivity contribution < 1.29 is 17.9 Å². The fourth-order valence-corrected chi connectivity index (χ4v) is 5.46. The molecule has 0 saturated heterocycles. The highest BCUT2D eigenvalue weighted by atomic mass is 32.2. The molecule has 6 nitrogen and oxygen atoms in total. The fraction of sp³-hybridized carbons (Fsp3) is 0.321. The number of amides is 1. The van der Waals surface area contributed by atoms with Gasteiger partial charge in [0, 0.05) is 5.69 Å². The summed E-state index contributed by atoms with van der Waals surface area (Å²) in [5, 5.41) is 2.87. The van der Waals surface area contributed by atoms with Gasteiger partial charge in [-0.2, -0.15) is 0 Å². The summed E-state index contributed by atoms with van der Waals surface area (Å²) in [4.78, 5) is 13.3. The molecule has 1 unspecified atom stereocenters. The third-order valence-electron chi connectivity index (χ3n) is 6.16. The molecule has 1 aliphatic rings. The van der Waals surface area contributed by atoms with E-state index in [-0.39, 0.29) is 16.9 Å². The Morgan fingerprint density at radius 2 is 1.66 bits per heavy atom. The van der Waals surface area contributed by atoms with Gasteiger partial charge in [0.1, 0.15) is 5.75 Å². The van der Waals surface area contributed by atoms with Crippen LogP contribution in [-0.4, -0.2) is 27.0 Å². The third-order valence-corrected chi connectivity index (χ3v) is 7.96. The number of carbonyl (C=O) groups is 1. The van der Waals surface area contributed by atoms with E-state index in [1.54, 1.807) is 36.4 Å². The van der Waals surface area contributed by atoms with Crippen molar-refractivity contribution in [3.63, 3.8) is 0 Å². The Balaban J connectivity index is 1.69. The molecule has 0 fully saturated rings. The van der Waals surface area contributed by atoms with Crippen LogP contribution in [0.15, 0.2) is 77.7 Å². The van der Waals surface area contributed by atoms with Crippen molar-refractivity contribution in [1.82, 2.24) is 0 Å². The predicted octanol–water partition coefficient (Wildman–Crippen LogP) is 5.70. The zero-order valence-electron chi connectivity index (χ0n) is 20.8. The van der Waals surface area contributed by atoms with Gasteiger partial charge >= 0.3 is 0 Å². The molecule has 0 radical (unpaired) electrons. The number of nitrogens with one attached hydrogen (secondary N) is 1. The summed E-state index contributed by atoms with van der Waals surface area (Å²) in [6.45, 7) is 10.3. The van der Waals surface area contributed by atoms with E-state index in [1.165, 1.54) is 9.87 Å². The van der Waals surface area contributed by atoms with Crippen molar-refractivity contribution in [1.29, 1.82) is 0 Å². The maximum absolute atomic E-state index is 13.7. The van der Waals surface area contributed by atoms with Crippen molar-refractivity contribution >= 4 is 27.3 Å². The van der Waals surface area contributed by atoms with E-state index in [0.29, 0.717) is 23.0 Å². The molecule has 4 rings (SSSR count). The number of ether oxygens (including phenoxy) is 1. The summed E-state index contributed by atoms with van der Waals surface area (Å²) in [5.74, 6) is 0.341. The highest BCUT2D eigenvalue weighted by Gasteiger charge is 2.38. The number of fused-ring (bicyclic) bond motifs is 1. The lowest BCUT2D eigenvalue weighted by atomic mass is 9.86. The maximum atomic E-state index is 13.7. The third kappa shape index (κ3) is 5.20. The Bertz CT molecular complexity index is 1310. The highest BCUT2D eigenvalue weighted by molar-refractivity contribution is 7.92. The van der Waals surface area contributed by atoms with Gasteiger partial charge in [0.05, 0.1) is 17.1 Å². The van der Waals surface area contributed by atoms with E-state index in [9.17, 15) is 13.2 Å². The van der Waals surface area contributed by atoms with Crippen molar-refractivity contribution in [2.75, 3.05) is 16.2 Å². The van der Waals surface area contributed by atoms with Crippen LogP contribution in [0.1, 0.15) is 51.7 Å². The van der Waals surface area contributed by atoms with E-state index < -0.39 is 22.0 Å². The first kappa shape index (κ1) is 24.8. The maximum Gasteiger partial charge on any atom is 0.267 e. The van der Waals surface area contributed by atoms with Crippen LogP contribution in [0.3, 0.4) is 0 Å². The molecule has 0 bridgehead atoms. The predicted molar refractivity (Wildman–Crippen MR) is 140 cm³/mol. The number of benzene rings is 3. The van der Waals surface area contributed by atoms with Crippen molar-refractivity contribution in [2.24, 2.45) is 0 Å². The van der Waals surface area contributed by atoms with Crippen molar-refractivity contribution in [2.45, 2.75) is 57.0 Å². The summed E-state index contributed by atoms with van der Waals surface area (Å²) in [5.41, 5.74) is 3.02. The largest absolute Gasteiger partial charge is 0.476 e. The van der Waals surface area contributed by atoms with E-state index in [1.807, 2.05) is 36.4 Å². The van der Waals surface area contributed by atoms with Gasteiger partial charge in [0.15, 0.2) is 6.10 Å². The zero-order valence-corrected chi connectivity index (χ0v) is 21.6. The second kappa shape index (κ2) is 9.38. The van der Waals surface area contributed by atoms with Crippen LogP contribution < -0.4 is 14.4 Å². The summed E-state index contributed by atoms with van der Waals surface area (Å²) in [6, 6.07) is 21.4. The fourth-order valence-electron chi connectivity index (χ4n) is 3.98. The molecule has 3 aromatic carbocycles. The van der Waals surface area contributed by atoms with Crippen LogP contribution in [0.25, 0.3) is 0 Å². The van der Waals surface area contributed by atoms with Gasteiger partial charge in [-0.25, -0.2) is 8.42 Å². The average Bonchev–Trinajstić information content (AvgIpc) is 2.83. The molecular weight excluding hydrogens is 460 g/mol. The second-order valence-electron chi connectivity index (χ2n) is 10.2. The quantitative estimate of drug-likeness (QED) is 0.496. The minimum absolute atomic E-state index is 0.131. The molecule has 1 N–H and O–H groups in total. The van der Waals surface area contributed by atoms with Crippen LogP contribution in [0.2, 0.25) is 0 Å². The van der Waals surface area contributed by atoms with Gasteiger partial charge < -0.3 is 10.1 Å². The molecule has 0 saturated carbocycles. The van der Waals surface area contributed by atoms with E-state index >= 15 is 0 Å². The first-order valence-electron chi connectivity index (χ1n) is 11.8. The molecule has 1 amide bonds. The minimum Gasteiger partial charge on any atom is -0.476 e. The molecule has 1 atom stereocenters. The monoisotopic (exact) mass is 492 g/mol. The molecule has 7 heteroatoms. The summed E-state index contributed by atoms with van der Waals surface area (Å²) < 4.78 is 34.7. The molecule has 1 heterocycles. The highest BCUT2D eigenvalue weighted by Crippen LogP contribution is 2.40. The van der Waals surface area contributed by atoms with Gasteiger partial charge in [-0.05, 0) is 58.9 Å². The van der Waals surface area contributed by atoms with Gasteiger partial charge in [-0.15, -0.1) is 0 Å². The van der Waals surface area contributed by atoms with Gasteiger partial charge in [0.25, 0.3) is 15.9 Å². The van der Waals surface area contributed by atoms with Crippen LogP contribution in [0.4, 0.5) is 11.4 Å². The Kier molecular flexibility index (Phi) is 6.64. The van der Waals surface area contributed by atoms with Crippen LogP contribution in [0.5, 0.6) is 5.75 Å². The number of sulfonamides is 1. The SMILES string of the molecule is CC(C)c1ccc(NC(=O)C2CN(S(=O)(=O)c3ccccc3)c3cc(C(C)(C)C)ccc3O2)cc1. The molecule has 0 aromatic heterocycles. The normalized spacial score (nSPS) is 15.9. The number of hydrogen-bond acceptors (Lipinski definition) is 4. The topological polar surface area (TPSA) is 75.7 Å². The Morgan fingerprint density at radius 1 is 1.00 bits per heavy atom. The Hall–Kier alpha value is -3.32. The molecular formula is C28H32N2O4S. The average molecular weight is 493 g/mol. The van der Waals surface area contributed by atoms with Crippen LogP contribution in [0, 0.1) is 0 Å². The zero-order chi connectivity index (χ0) is 25.4. The van der Waals surface area contributed by atoms with Crippen molar-refractivity contribution in [3.05, 3.63) is 83.9 Å². The van der Waals surface area contributed by atoms with Gasteiger partial charge in [-0.3, -0.25) is 9.10 Å². The summed E-state index contributed by atoms with van der Waals surface area (Å²) in [6.07, 6.45) is -1.01. The Morgan fingerprint density at radius 3 is 2.26 bits per heavy atom. The standard InChI is InChI=1S/C28H32N2O4S/c1-19(2)20-11-14-22(15-12-20)29-27(31)26-18-30(35(32,33)23-9-7-6-8-10-23)24-17-21(28(3,4)5)13-16-25(24)34-26/h6-17,19,26H,18H2,1-5H3,(H,29,31). The van der Waals surface area contributed by atoms with E-state index in [0.717, 1.165) is 5.56 Å². The summed E-state index contributed by atoms with van der Waals surface area (Å²) in [7, 11) is -3.92. The number of nitrogens with zero attached hydrogens (tertiary/aromatic N) is 1. The smallest absolute Gasteiger partial charge is 0.267 e. The van der Waals surface area contributed by atoms with Crippen molar-refractivity contribution in [3.8, 4) is 5.75 Å². The molecule has 0 aliphatic carbocycles. The molecule has 3 aromatic rings. The molecule has 184 valence electrons. The number of hydrogen-bond donors (Lipinski definition) is 1. The molecule has 35 heavy (non-hydrogen) atoms. The van der Waals surface area contributed by atoms with Gasteiger partial charge in [-0.1, -0.05) is 71.0 Å². The number of anilines is 2. The Labute approximate surface area is 208 Å². The lowest BCUT2D eigenvalue weighted by molar-refractivity contribution is -0.122. The molecule has 1 aliphatic heterocycles. The van der Waals surface area contributed by atoms with Crippen LogP contribution in [-0.2, 0) is 20.2 Å². The van der Waals surface area contributed by atoms with E-state index in [2.05, 4.69) is 39.9 Å². The minimum atomic E-state index is -3.92. The lowest BCUT2D eigenvalue weighted by Crippen LogP contribution is -2.49. The lowest BCUT2D eigenvalue weighted by Gasteiger charge is -2.36. The summed E-state index contributed by atoms with van der Waals surface area (Å²) >= 11 is 0. The van der Waals surface area contributed by atoms with E-state index in [4.69, 9.17) is 4.74 Å². The van der Waals surface area contributed by atoms with Crippen LogP contribution >= 0.6 is 0 Å². The first-order chi connectivity index (χ1) is 16.5. The number of rotatable bonds is 5. The first-order valence-corrected chi connectivity index (χ1v) is 13.2. The second-order valence-corrected chi connectivity index (χ2v) is 12.0. The van der Waals surface area contributed by atoms with Gasteiger partial charge in [0.2, 0.25) is 0 Å². The molecule has 0 spiro atoms. The number of carbonyl (C=O) groups excluding carboxylic acids is 1.